The van der Waals surface area contributed by atoms with Gasteiger partial charge in [-0.05, 0) is 19.3 Å². The lowest BCUT2D eigenvalue weighted by atomic mass is 9.88. The first-order chi connectivity index (χ1) is 41.4. The zero-order valence-electron chi connectivity index (χ0n) is 52.2. The Kier molecular flexibility index (Phi) is 40.5. The van der Waals surface area contributed by atoms with Crippen LogP contribution >= 0.6 is 0 Å². The highest BCUT2D eigenvalue weighted by atomic mass is 16.8. The fourth-order valence-electron chi connectivity index (χ4n) is 11.6. The molecule has 3 saturated heterocycles. The van der Waals surface area contributed by atoms with Crippen molar-refractivity contribution < 1.29 is 104 Å². The van der Waals surface area contributed by atoms with Crippen LogP contribution in [0.4, 0.5) is 0 Å². The van der Waals surface area contributed by atoms with Crippen LogP contribution in [-0.2, 0) is 42.8 Å². The third kappa shape index (κ3) is 27.9. The zero-order chi connectivity index (χ0) is 63.3. The van der Waals surface area contributed by atoms with Crippen molar-refractivity contribution >= 4 is 17.8 Å². The molecule has 18 unspecified atom stereocenters. The van der Waals surface area contributed by atoms with Gasteiger partial charge in [0.15, 0.2) is 12.6 Å². The average Bonchev–Trinajstić information content (AvgIpc) is 1.43. The van der Waals surface area contributed by atoms with Crippen molar-refractivity contribution in [3.63, 3.8) is 0 Å². The molecular formula is C63H116N2O21. The second kappa shape index (κ2) is 44.9. The van der Waals surface area contributed by atoms with Crippen molar-refractivity contribution in [1.82, 2.24) is 10.6 Å². The van der Waals surface area contributed by atoms with E-state index in [0.717, 1.165) is 51.9 Å². The van der Waals surface area contributed by atoms with E-state index in [0.29, 0.717) is 12.8 Å². The van der Waals surface area contributed by atoms with E-state index < -0.39 is 155 Å². The Morgan fingerprint density at radius 2 is 1.08 bits per heavy atom. The predicted molar refractivity (Wildman–Crippen MR) is 320 cm³/mol. The van der Waals surface area contributed by atoms with Crippen molar-refractivity contribution in [3.8, 4) is 0 Å². The van der Waals surface area contributed by atoms with E-state index in [2.05, 4.69) is 24.5 Å². The Labute approximate surface area is 511 Å². The maximum absolute atomic E-state index is 13.4. The van der Waals surface area contributed by atoms with Crippen molar-refractivity contribution in [2.24, 2.45) is 0 Å². The summed E-state index contributed by atoms with van der Waals surface area (Å²) in [6.07, 6.45) is 11.2. The van der Waals surface area contributed by atoms with E-state index in [4.69, 9.17) is 28.4 Å². The molecule has 18 atom stereocenters. The minimum Gasteiger partial charge on any atom is -0.477 e. The number of carboxylic acids is 1. The molecule has 3 aliphatic heterocycles. The molecular weight excluding hydrogens is 1120 g/mol. The van der Waals surface area contributed by atoms with Crippen LogP contribution in [-0.4, -0.2) is 215 Å². The maximum Gasteiger partial charge on any atom is 0.364 e. The summed E-state index contributed by atoms with van der Waals surface area (Å²) < 4.78 is 34.7. The molecule has 23 heteroatoms. The minimum atomic E-state index is -3.08. The van der Waals surface area contributed by atoms with Gasteiger partial charge in [0.2, 0.25) is 11.8 Å². The number of hydrogen-bond acceptors (Lipinski definition) is 20. The number of carbonyl (C=O) groups excluding carboxylic acids is 2. The van der Waals surface area contributed by atoms with Crippen LogP contribution in [0.3, 0.4) is 0 Å². The average molecular weight is 1240 g/mol. The van der Waals surface area contributed by atoms with Gasteiger partial charge in [-0.25, -0.2) is 4.79 Å². The summed E-state index contributed by atoms with van der Waals surface area (Å²) in [6.45, 7) is 2.13. The summed E-state index contributed by atoms with van der Waals surface area (Å²) in [5.74, 6) is -6.14. The number of aliphatic hydroxyl groups excluding tert-OH is 11. The second-order valence-corrected chi connectivity index (χ2v) is 24.3. The number of allylic oxidation sites excluding steroid dienone is 1. The number of amides is 2. The first-order valence-corrected chi connectivity index (χ1v) is 33.1. The van der Waals surface area contributed by atoms with Crippen LogP contribution < -0.4 is 10.6 Å². The van der Waals surface area contributed by atoms with Gasteiger partial charge in [0, 0.05) is 19.8 Å². The predicted octanol–water partition coefficient (Wildman–Crippen LogP) is 4.73. The van der Waals surface area contributed by atoms with Gasteiger partial charge in [0.05, 0.1) is 50.7 Å². The molecule has 0 aromatic carbocycles. The lowest BCUT2D eigenvalue weighted by Gasteiger charge is -2.50. The molecule has 2 amide bonds. The maximum atomic E-state index is 13.4. The molecule has 3 fully saturated rings. The first-order valence-electron chi connectivity index (χ1n) is 33.1. The summed E-state index contributed by atoms with van der Waals surface area (Å²) >= 11 is 0. The van der Waals surface area contributed by atoms with Crippen LogP contribution in [0.5, 0.6) is 0 Å². The molecule has 23 nitrogen and oxygen atoms in total. The number of unbranched alkanes of at least 4 members (excludes halogenated alkanes) is 29. The van der Waals surface area contributed by atoms with Crippen molar-refractivity contribution in [1.29, 1.82) is 0 Å². The molecule has 504 valence electrons. The summed E-state index contributed by atoms with van der Waals surface area (Å²) in [5.41, 5.74) is 0. The molecule has 0 bridgehead atoms. The third-order valence-corrected chi connectivity index (χ3v) is 17.0. The van der Waals surface area contributed by atoms with Gasteiger partial charge in [-0.2, -0.15) is 0 Å². The highest BCUT2D eigenvalue weighted by molar-refractivity contribution is 5.77. The summed E-state index contributed by atoms with van der Waals surface area (Å²) in [5, 5.41) is 136. The zero-order valence-corrected chi connectivity index (χ0v) is 52.2. The van der Waals surface area contributed by atoms with Gasteiger partial charge in [0.1, 0.15) is 67.1 Å². The lowest BCUT2D eigenvalue weighted by Crippen LogP contribution is -2.70. The fraction of sp³-hybridized carbons (Fsp3) is 0.921. The van der Waals surface area contributed by atoms with Gasteiger partial charge in [-0.1, -0.05) is 206 Å². The molecule has 3 rings (SSSR count). The highest BCUT2D eigenvalue weighted by Crippen LogP contribution is 2.38. The fourth-order valence-corrected chi connectivity index (χ4v) is 11.6. The van der Waals surface area contributed by atoms with Crippen molar-refractivity contribution in [2.75, 3.05) is 26.4 Å². The number of aliphatic carboxylic acids is 1. The van der Waals surface area contributed by atoms with Crippen LogP contribution in [0.25, 0.3) is 0 Å². The Balaban J connectivity index is 1.63. The van der Waals surface area contributed by atoms with E-state index in [-0.39, 0.29) is 12.3 Å². The van der Waals surface area contributed by atoms with Gasteiger partial charge in [-0.15, -0.1) is 0 Å². The number of aliphatic hydroxyl groups is 11. The van der Waals surface area contributed by atoms with Gasteiger partial charge >= 0.3 is 5.97 Å². The quantitative estimate of drug-likeness (QED) is 0.0289. The van der Waals surface area contributed by atoms with Crippen LogP contribution in [0.2, 0.25) is 0 Å². The van der Waals surface area contributed by atoms with Gasteiger partial charge in [-0.3, -0.25) is 9.59 Å². The molecule has 3 heterocycles. The van der Waals surface area contributed by atoms with E-state index in [9.17, 15) is 75.7 Å². The molecule has 0 radical (unpaired) electrons. The van der Waals surface area contributed by atoms with E-state index in [1.165, 1.54) is 141 Å². The number of carbonyl (C=O) groups is 3. The summed E-state index contributed by atoms with van der Waals surface area (Å²) in [7, 11) is 0. The summed E-state index contributed by atoms with van der Waals surface area (Å²) in [6, 6.07) is -2.61. The Morgan fingerprint density at radius 3 is 1.55 bits per heavy atom. The smallest absolute Gasteiger partial charge is 0.364 e. The Hall–Kier alpha value is -2.53. The highest BCUT2D eigenvalue weighted by Gasteiger charge is 2.60. The van der Waals surface area contributed by atoms with E-state index in [1.807, 2.05) is 6.08 Å². The number of hydrogen-bond donors (Lipinski definition) is 14. The molecule has 0 aromatic heterocycles. The topological polar surface area (TPSA) is 373 Å². The monoisotopic (exact) mass is 1240 g/mol. The van der Waals surface area contributed by atoms with Gasteiger partial charge < -0.3 is 100 Å². The number of rotatable bonds is 49. The molecule has 0 aliphatic carbocycles. The molecule has 86 heavy (non-hydrogen) atoms. The second-order valence-electron chi connectivity index (χ2n) is 24.3. The summed E-state index contributed by atoms with van der Waals surface area (Å²) in [4.78, 5) is 38.5. The van der Waals surface area contributed by atoms with Gasteiger partial charge in [0.25, 0.3) is 5.79 Å². The molecule has 0 aromatic rings. The van der Waals surface area contributed by atoms with Crippen molar-refractivity contribution in [3.05, 3.63) is 12.2 Å². The molecule has 0 spiro atoms. The normalized spacial score (nSPS) is 29.4. The van der Waals surface area contributed by atoms with E-state index >= 15 is 0 Å². The third-order valence-electron chi connectivity index (χ3n) is 17.0. The lowest BCUT2D eigenvalue weighted by molar-refractivity contribution is -0.386. The first kappa shape index (κ1) is 77.7. The Morgan fingerprint density at radius 1 is 0.605 bits per heavy atom. The largest absolute Gasteiger partial charge is 0.477 e. The number of carboxylic acid groups (broad SMARTS) is 1. The number of ether oxygens (including phenoxy) is 6. The molecule has 14 N–H and O–H groups in total. The van der Waals surface area contributed by atoms with Crippen LogP contribution in [0.15, 0.2) is 12.2 Å². The van der Waals surface area contributed by atoms with E-state index in [1.54, 1.807) is 6.08 Å². The molecule has 0 saturated carbocycles. The molecule has 3 aliphatic rings. The van der Waals surface area contributed by atoms with Crippen LogP contribution in [0, 0.1) is 0 Å². The van der Waals surface area contributed by atoms with Crippen LogP contribution in [0.1, 0.15) is 233 Å². The minimum absolute atomic E-state index is 0.205. The number of nitrogens with one attached hydrogen (secondary N) is 2. The Bertz CT molecular complexity index is 1810. The van der Waals surface area contributed by atoms with Crippen molar-refractivity contribution in [2.45, 2.75) is 342 Å². The standard InChI is InChI=1S/C63H116N2O21/c1-4-6-8-10-12-14-16-18-20-21-23-25-27-29-31-33-35-37-50(73)65-44(45(70)36-34-32-30-28-26-24-22-19-17-15-13-11-9-7-5-2)42-81-60-55(77)54(76)57(49(41-68)83-60)84-61-56(78)59(53(75)48(40-67)82-61)86-63(62(79)80)38-46(71)51(64-43(3)69)58(85-63)52(74)47(72)39-66/h34,36,44-49,51-61,66-68,70-72,74-78H,4-33,35,37-42H2,1-3H3,(H,64,69)(H,65,73)(H,79,80)/b36-34+. The SMILES string of the molecule is CCCCCCCCCCCCCCC/C=C/C(O)C(COC1OC(CO)C(OC2OC(CO)C(O)C(OC3(C(=O)O)CC(O)C(NC(C)=O)C(C(O)C(O)CO)O3)C2O)C(O)C1O)NC(=O)CCCCCCCCCCCCCCCCCCC.